The van der Waals surface area contributed by atoms with E-state index in [4.69, 9.17) is 15.2 Å². The number of pyridine rings is 1. The molecule has 0 saturated carbocycles. The largest absolute Gasteiger partial charge is 0.492 e. The molecule has 118 valence electrons. The summed E-state index contributed by atoms with van der Waals surface area (Å²) in [6, 6.07) is 10.7. The zero-order valence-corrected chi connectivity index (χ0v) is 12.8. The number of hydrogen-bond acceptors (Lipinski definition) is 4. The minimum atomic E-state index is -0.125. The molecule has 0 aliphatic carbocycles. The highest BCUT2D eigenvalue weighted by molar-refractivity contribution is 5.41. The lowest BCUT2D eigenvalue weighted by Gasteiger charge is -2.10. The Morgan fingerprint density at radius 3 is 2.59 bits per heavy atom. The molecule has 2 N–H and O–H groups in total. The van der Waals surface area contributed by atoms with Gasteiger partial charge in [-0.1, -0.05) is 13.3 Å². The lowest BCUT2D eigenvalue weighted by atomic mass is 10.3. The number of aromatic nitrogens is 1. The molecule has 0 amide bonds. The van der Waals surface area contributed by atoms with Crippen molar-refractivity contribution in [2.24, 2.45) is 0 Å². The van der Waals surface area contributed by atoms with E-state index in [9.17, 15) is 4.79 Å². The Hall–Kier alpha value is -2.43. The molecule has 22 heavy (non-hydrogen) atoms. The molecular weight excluding hydrogens is 280 g/mol. The molecule has 0 unspecified atom stereocenters. The van der Waals surface area contributed by atoms with Gasteiger partial charge in [0.05, 0.1) is 13.2 Å². The van der Waals surface area contributed by atoms with Gasteiger partial charge in [0.25, 0.3) is 5.56 Å². The maximum absolute atomic E-state index is 12.2. The smallest absolute Gasteiger partial charge is 0.292 e. The summed E-state index contributed by atoms with van der Waals surface area (Å²) in [5, 5.41) is 0. The molecule has 1 heterocycles. The summed E-state index contributed by atoms with van der Waals surface area (Å²) in [6.45, 7) is 3.52. The Labute approximate surface area is 130 Å². The molecule has 2 aromatic rings. The van der Waals surface area contributed by atoms with E-state index in [2.05, 4.69) is 6.92 Å². The van der Waals surface area contributed by atoms with E-state index in [1.807, 2.05) is 18.2 Å². The fourth-order valence-electron chi connectivity index (χ4n) is 1.95. The quantitative estimate of drug-likeness (QED) is 0.601. The van der Waals surface area contributed by atoms with Crippen LogP contribution in [0.2, 0.25) is 0 Å². The van der Waals surface area contributed by atoms with Gasteiger partial charge in [-0.05, 0) is 42.8 Å². The maximum atomic E-state index is 12.2. The second-order valence-corrected chi connectivity index (χ2v) is 4.99. The predicted octanol–water partition coefficient (Wildman–Crippen LogP) is 2.69. The minimum Gasteiger partial charge on any atom is -0.492 e. The van der Waals surface area contributed by atoms with Crippen LogP contribution >= 0.6 is 0 Å². The molecule has 0 fully saturated rings. The number of nitrogen functional groups attached to an aromatic ring is 1. The van der Waals surface area contributed by atoms with Gasteiger partial charge in [0, 0.05) is 11.9 Å². The van der Waals surface area contributed by atoms with Crippen molar-refractivity contribution in [1.29, 1.82) is 0 Å². The number of nitrogens with two attached hydrogens (primary N) is 1. The molecule has 1 aromatic heterocycles. The van der Waals surface area contributed by atoms with Crippen molar-refractivity contribution in [3.05, 3.63) is 52.9 Å². The molecule has 0 aliphatic rings. The van der Waals surface area contributed by atoms with Crippen LogP contribution in [0.5, 0.6) is 11.5 Å². The Morgan fingerprint density at radius 2 is 1.86 bits per heavy atom. The molecular formula is C17H22N2O3. The average molecular weight is 302 g/mol. The summed E-state index contributed by atoms with van der Waals surface area (Å²) in [5.41, 5.74) is 6.19. The van der Waals surface area contributed by atoms with E-state index >= 15 is 0 Å². The van der Waals surface area contributed by atoms with Crippen molar-refractivity contribution < 1.29 is 9.47 Å². The monoisotopic (exact) mass is 302 g/mol. The number of unbranched alkanes of at least 4 members (excludes halogenated alkanes) is 1. The van der Waals surface area contributed by atoms with E-state index in [1.165, 1.54) is 0 Å². The number of benzene rings is 1. The first kappa shape index (κ1) is 15.9. The average Bonchev–Trinajstić information content (AvgIpc) is 2.52. The lowest BCUT2D eigenvalue weighted by Crippen LogP contribution is -2.24. The van der Waals surface area contributed by atoms with E-state index in [0.717, 1.165) is 18.6 Å². The van der Waals surface area contributed by atoms with E-state index in [-0.39, 0.29) is 5.56 Å². The highest BCUT2D eigenvalue weighted by Gasteiger charge is 2.04. The van der Waals surface area contributed by atoms with Crippen molar-refractivity contribution in [2.45, 2.75) is 26.3 Å². The number of anilines is 1. The van der Waals surface area contributed by atoms with E-state index < -0.39 is 0 Å². The number of nitrogens with zero attached hydrogens (tertiary/aromatic N) is 1. The van der Waals surface area contributed by atoms with E-state index in [1.54, 1.807) is 29.0 Å². The van der Waals surface area contributed by atoms with Crippen LogP contribution in [-0.2, 0) is 6.54 Å². The van der Waals surface area contributed by atoms with Gasteiger partial charge in [0.2, 0.25) is 0 Å². The maximum Gasteiger partial charge on any atom is 0.292 e. The van der Waals surface area contributed by atoms with Crippen LogP contribution in [0.3, 0.4) is 0 Å². The second kappa shape index (κ2) is 8.12. The Balaban J connectivity index is 1.91. The van der Waals surface area contributed by atoms with Crippen LogP contribution in [0, 0.1) is 0 Å². The van der Waals surface area contributed by atoms with Gasteiger partial charge in [0.1, 0.15) is 12.4 Å². The van der Waals surface area contributed by atoms with Crippen LogP contribution in [0.15, 0.2) is 47.4 Å². The van der Waals surface area contributed by atoms with Gasteiger partial charge in [0.15, 0.2) is 5.75 Å². The zero-order valence-electron chi connectivity index (χ0n) is 12.8. The SMILES string of the molecule is CCCCOc1cccn(CCOc2ccc(N)cc2)c1=O. The number of hydrogen-bond donors (Lipinski definition) is 1. The molecule has 2 rings (SSSR count). The van der Waals surface area contributed by atoms with Crippen molar-refractivity contribution in [3.63, 3.8) is 0 Å². The Bertz CT molecular complexity index is 635. The summed E-state index contributed by atoms with van der Waals surface area (Å²) in [4.78, 5) is 12.2. The first-order valence-electron chi connectivity index (χ1n) is 7.51. The highest BCUT2D eigenvalue weighted by Crippen LogP contribution is 2.13. The van der Waals surface area contributed by atoms with Gasteiger partial charge in [-0.15, -0.1) is 0 Å². The van der Waals surface area contributed by atoms with Crippen molar-refractivity contribution in [1.82, 2.24) is 4.57 Å². The zero-order chi connectivity index (χ0) is 15.8. The molecule has 0 radical (unpaired) electrons. The molecule has 0 spiro atoms. The fourth-order valence-corrected chi connectivity index (χ4v) is 1.95. The second-order valence-electron chi connectivity index (χ2n) is 4.99. The van der Waals surface area contributed by atoms with Crippen molar-refractivity contribution >= 4 is 5.69 Å². The topological polar surface area (TPSA) is 66.5 Å². The van der Waals surface area contributed by atoms with E-state index in [0.29, 0.717) is 31.2 Å². The predicted molar refractivity (Wildman–Crippen MR) is 87.5 cm³/mol. The first-order chi connectivity index (χ1) is 10.7. The molecule has 5 heteroatoms. The molecule has 5 nitrogen and oxygen atoms in total. The van der Waals surface area contributed by atoms with Crippen molar-refractivity contribution in [3.8, 4) is 11.5 Å². The van der Waals surface area contributed by atoms with Gasteiger partial charge < -0.3 is 19.8 Å². The Kier molecular flexibility index (Phi) is 5.89. The fraction of sp³-hybridized carbons (Fsp3) is 0.353. The Morgan fingerprint density at radius 1 is 1.09 bits per heavy atom. The van der Waals surface area contributed by atoms with Crippen LogP contribution in [0.25, 0.3) is 0 Å². The third-order valence-corrected chi connectivity index (χ3v) is 3.22. The minimum absolute atomic E-state index is 0.125. The third kappa shape index (κ3) is 4.55. The first-order valence-corrected chi connectivity index (χ1v) is 7.51. The van der Waals surface area contributed by atoms with Crippen LogP contribution in [0.1, 0.15) is 19.8 Å². The molecule has 0 bridgehead atoms. The standard InChI is InChI=1S/C17H22N2O3/c1-2-3-12-22-16-5-4-10-19(17(16)20)11-13-21-15-8-6-14(18)7-9-15/h4-10H,2-3,11-13,18H2,1H3. The third-order valence-electron chi connectivity index (χ3n) is 3.22. The van der Waals surface area contributed by atoms with Gasteiger partial charge in [-0.2, -0.15) is 0 Å². The lowest BCUT2D eigenvalue weighted by molar-refractivity contribution is 0.285. The summed E-state index contributed by atoms with van der Waals surface area (Å²) >= 11 is 0. The molecule has 0 aliphatic heterocycles. The summed E-state index contributed by atoms with van der Waals surface area (Å²) in [6.07, 6.45) is 3.71. The summed E-state index contributed by atoms with van der Waals surface area (Å²) < 4.78 is 12.7. The molecule has 1 aromatic carbocycles. The molecule has 0 saturated heterocycles. The van der Waals surface area contributed by atoms with Crippen LogP contribution in [-0.4, -0.2) is 17.8 Å². The van der Waals surface area contributed by atoms with Crippen LogP contribution in [0.4, 0.5) is 5.69 Å². The summed E-state index contributed by atoms with van der Waals surface area (Å²) in [5.74, 6) is 1.13. The highest BCUT2D eigenvalue weighted by atomic mass is 16.5. The van der Waals surface area contributed by atoms with Gasteiger partial charge in [-0.3, -0.25) is 4.79 Å². The van der Waals surface area contributed by atoms with Crippen LogP contribution < -0.4 is 20.8 Å². The van der Waals surface area contributed by atoms with Gasteiger partial charge in [-0.25, -0.2) is 0 Å². The number of ether oxygens (including phenoxy) is 2. The van der Waals surface area contributed by atoms with Gasteiger partial charge >= 0.3 is 0 Å². The van der Waals surface area contributed by atoms with Crippen molar-refractivity contribution in [2.75, 3.05) is 18.9 Å². The molecule has 0 atom stereocenters. The summed E-state index contributed by atoms with van der Waals surface area (Å²) in [7, 11) is 0. The normalized spacial score (nSPS) is 10.4. The number of rotatable bonds is 8.